The molecule has 0 aliphatic rings. The van der Waals surface area contributed by atoms with E-state index in [9.17, 15) is 0 Å². The van der Waals surface area contributed by atoms with Crippen molar-refractivity contribution in [2.75, 3.05) is 26.3 Å². The molecule has 2 N–H and O–H groups in total. The average Bonchev–Trinajstić information content (AvgIpc) is 2.39. The molecule has 0 spiro atoms. The van der Waals surface area contributed by atoms with Crippen molar-refractivity contribution in [3.05, 3.63) is 35.4 Å². The van der Waals surface area contributed by atoms with Crippen molar-refractivity contribution < 1.29 is 4.74 Å². The van der Waals surface area contributed by atoms with Crippen molar-refractivity contribution in [3.8, 4) is 0 Å². The summed E-state index contributed by atoms with van der Waals surface area (Å²) in [7, 11) is 0. The Hall–Kier alpha value is -0.900. The summed E-state index contributed by atoms with van der Waals surface area (Å²) in [5.74, 6) is 0. The molecule has 108 valence electrons. The van der Waals surface area contributed by atoms with E-state index in [1.807, 2.05) is 6.92 Å². The van der Waals surface area contributed by atoms with Crippen LogP contribution in [-0.2, 0) is 4.74 Å². The Labute approximate surface area is 117 Å². The zero-order valence-electron chi connectivity index (χ0n) is 12.7. The van der Waals surface area contributed by atoms with Crippen molar-refractivity contribution in [1.29, 1.82) is 0 Å². The number of rotatable bonds is 8. The van der Waals surface area contributed by atoms with Gasteiger partial charge in [0.1, 0.15) is 0 Å². The molecule has 0 amide bonds. The number of hydrogen-bond acceptors (Lipinski definition) is 3. The normalized spacial score (nSPS) is 14.6. The maximum absolute atomic E-state index is 6.20. The maximum Gasteiger partial charge on any atom is 0.0593 e. The van der Waals surface area contributed by atoms with Crippen LogP contribution in [0.15, 0.2) is 24.3 Å². The second-order valence-corrected chi connectivity index (χ2v) is 5.04. The van der Waals surface area contributed by atoms with Crippen molar-refractivity contribution in [3.63, 3.8) is 0 Å². The van der Waals surface area contributed by atoms with Crippen molar-refractivity contribution in [1.82, 2.24) is 4.90 Å². The summed E-state index contributed by atoms with van der Waals surface area (Å²) in [6.07, 6.45) is 0. The molecule has 0 bridgehead atoms. The summed E-state index contributed by atoms with van der Waals surface area (Å²) >= 11 is 0. The first kappa shape index (κ1) is 16.2. The Balaban J connectivity index is 2.82. The molecule has 2 unspecified atom stereocenters. The van der Waals surface area contributed by atoms with Gasteiger partial charge in [-0.15, -0.1) is 0 Å². The summed E-state index contributed by atoms with van der Waals surface area (Å²) in [6, 6.07) is 9.04. The maximum atomic E-state index is 6.20. The number of likely N-dealkylation sites (N-methyl/N-ethyl adjacent to an activating group) is 1. The number of nitrogens with two attached hydrogens (primary N) is 1. The first-order valence-corrected chi connectivity index (χ1v) is 7.24. The van der Waals surface area contributed by atoms with Gasteiger partial charge in [-0.1, -0.05) is 36.8 Å². The van der Waals surface area contributed by atoms with Gasteiger partial charge in [-0.05, 0) is 32.9 Å². The zero-order valence-corrected chi connectivity index (χ0v) is 12.7. The Morgan fingerprint density at radius 1 is 1.21 bits per heavy atom. The average molecular weight is 264 g/mol. The lowest BCUT2D eigenvalue weighted by molar-refractivity contribution is 0.0909. The fraction of sp³-hybridized carbons (Fsp3) is 0.625. The fourth-order valence-corrected chi connectivity index (χ4v) is 2.43. The van der Waals surface area contributed by atoms with Crippen LogP contribution < -0.4 is 5.73 Å². The molecule has 2 atom stereocenters. The Bertz CT molecular complexity index is 348. The van der Waals surface area contributed by atoms with Gasteiger partial charge < -0.3 is 10.5 Å². The van der Waals surface area contributed by atoms with E-state index in [1.165, 1.54) is 11.1 Å². The molecule has 0 heterocycles. The van der Waals surface area contributed by atoms with Gasteiger partial charge in [0.25, 0.3) is 0 Å². The van der Waals surface area contributed by atoms with E-state index in [1.54, 1.807) is 0 Å². The fourth-order valence-electron chi connectivity index (χ4n) is 2.43. The second-order valence-electron chi connectivity index (χ2n) is 5.04. The van der Waals surface area contributed by atoms with Gasteiger partial charge in [0.05, 0.1) is 6.61 Å². The monoisotopic (exact) mass is 264 g/mol. The predicted molar refractivity (Wildman–Crippen MR) is 81.3 cm³/mol. The van der Waals surface area contributed by atoms with E-state index in [0.717, 1.165) is 26.3 Å². The summed E-state index contributed by atoms with van der Waals surface area (Å²) in [5, 5.41) is 0. The van der Waals surface area contributed by atoms with Crippen molar-refractivity contribution in [2.45, 2.75) is 39.8 Å². The third-order valence-corrected chi connectivity index (χ3v) is 3.44. The Morgan fingerprint density at radius 2 is 1.84 bits per heavy atom. The molecule has 0 radical (unpaired) electrons. The summed E-state index contributed by atoms with van der Waals surface area (Å²) in [4.78, 5) is 2.39. The predicted octanol–water partition coefficient (Wildman–Crippen LogP) is 2.74. The van der Waals surface area contributed by atoms with Crippen LogP contribution in [-0.4, -0.2) is 37.2 Å². The van der Waals surface area contributed by atoms with E-state index in [4.69, 9.17) is 10.5 Å². The molecular formula is C16H28N2O. The highest BCUT2D eigenvalue weighted by molar-refractivity contribution is 5.25. The first-order chi connectivity index (χ1) is 9.10. The number of aryl methyl sites for hydroxylation is 1. The molecule has 0 aromatic heterocycles. The number of nitrogens with zero attached hydrogens (tertiary/aromatic N) is 1. The number of ether oxygens (including phenoxy) is 1. The highest BCUT2D eigenvalue weighted by Crippen LogP contribution is 2.23. The van der Waals surface area contributed by atoms with E-state index in [0.29, 0.717) is 0 Å². The van der Waals surface area contributed by atoms with E-state index >= 15 is 0 Å². The van der Waals surface area contributed by atoms with Crippen LogP contribution in [0.4, 0.5) is 0 Å². The van der Waals surface area contributed by atoms with Gasteiger partial charge in [-0.2, -0.15) is 0 Å². The molecule has 1 aromatic rings. The summed E-state index contributed by atoms with van der Waals surface area (Å²) in [6.45, 7) is 11.8. The van der Waals surface area contributed by atoms with Crippen LogP contribution in [0, 0.1) is 6.92 Å². The lowest BCUT2D eigenvalue weighted by Crippen LogP contribution is -2.41. The molecule has 3 heteroatoms. The van der Waals surface area contributed by atoms with Gasteiger partial charge >= 0.3 is 0 Å². The smallest absolute Gasteiger partial charge is 0.0593 e. The zero-order chi connectivity index (χ0) is 14.3. The third-order valence-electron chi connectivity index (χ3n) is 3.44. The first-order valence-electron chi connectivity index (χ1n) is 7.24. The molecule has 0 fully saturated rings. The minimum Gasteiger partial charge on any atom is -0.380 e. The standard InChI is InChI=1S/C16H28N2O/c1-5-18(11-12-19-6-2)16(14(4)17)15-9-7-13(3)8-10-15/h7-10,14,16H,5-6,11-12,17H2,1-4H3. The topological polar surface area (TPSA) is 38.5 Å². The lowest BCUT2D eigenvalue weighted by Gasteiger charge is -2.33. The molecule has 0 saturated carbocycles. The van der Waals surface area contributed by atoms with Crippen LogP contribution >= 0.6 is 0 Å². The van der Waals surface area contributed by atoms with Gasteiger partial charge in [0, 0.05) is 25.2 Å². The summed E-state index contributed by atoms with van der Waals surface area (Å²) in [5.41, 5.74) is 8.78. The Morgan fingerprint density at radius 3 is 2.32 bits per heavy atom. The molecule has 19 heavy (non-hydrogen) atoms. The largest absolute Gasteiger partial charge is 0.380 e. The van der Waals surface area contributed by atoms with Gasteiger partial charge in [-0.3, -0.25) is 4.90 Å². The van der Waals surface area contributed by atoms with Crippen molar-refractivity contribution >= 4 is 0 Å². The van der Waals surface area contributed by atoms with Gasteiger partial charge in [0.15, 0.2) is 0 Å². The molecule has 0 saturated heterocycles. The quantitative estimate of drug-likeness (QED) is 0.734. The lowest BCUT2D eigenvalue weighted by atomic mass is 9.98. The SMILES string of the molecule is CCOCCN(CC)C(c1ccc(C)cc1)C(C)N. The minimum atomic E-state index is 0.101. The van der Waals surface area contributed by atoms with Gasteiger partial charge in [-0.25, -0.2) is 0 Å². The molecular weight excluding hydrogens is 236 g/mol. The van der Waals surface area contributed by atoms with Crippen LogP contribution in [0.1, 0.15) is 37.9 Å². The van der Waals surface area contributed by atoms with Crippen LogP contribution in [0.3, 0.4) is 0 Å². The van der Waals surface area contributed by atoms with Crippen LogP contribution in [0.5, 0.6) is 0 Å². The van der Waals surface area contributed by atoms with E-state index < -0.39 is 0 Å². The highest BCUT2D eigenvalue weighted by Gasteiger charge is 2.22. The molecule has 1 aromatic carbocycles. The third kappa shape index (κ3) is 4.94. The molecule has 3 nitrogen and oxygen atoms in total. The van der Waals surface area contributed by atoms with E-state index in [-0.39, 0.29) is 12.1 Å². The highest BCUT2D eigenvalue weighted by atomic mass is 16.5. The van der Waals surface area contributed by atoms with Crippen LogP contribution in [0.25, 0.3) is 0 Å². The van der Waals surface area contributed by atoms with E-state index in [2.05, 4.69) is 49.9 Å². The number of hydrogen-bond donors (Lipinski definition) is 1. The van der Waals surface area contributed by atoms with Crippen molar-refractivity contribution in [2.24, 2.45) is 5.73 Å². The Kier molecular flexibility index (Phi) is 7.06. The van der Waals surface area contributed by atoms with Crippen LogP contribution in [0.2, 0.25) is 0 Å². The summed E-state index contributed by atoms with van der Waals surface area (Å²) < 4.78 is 5.47. The molecule has 0 aliphatic heterocycles. The second kappa shape index (κ2) is 8.31. The molecule has 0 aliphatic carbocycles. The van der Waals surface area contributed by atoms with Gasteiger partial charge in [0.2, 0.25) is 0 Å². The number of benzene rings is 1. The molecule has 1 rings (SSSR count). The minimum absolute atomic E-state index is 0.101.